The van der Waals surface area contributed by atoms with E-state index in [9.17, 15) is 12.3 Å². The fourth-order valence-electron chi connectivity index (χ4n) is 11.4. The van der Waals surface area contributed by atoms with Crippen LogP contribution in [0.2, 0.25) is 0 Å². The minimum absolute atomic E-state index is 0.526. The maximum atomic E-state index is 9.43. The Kier molecular flexibility index (Phi) is 5.82. The average Bonchev–Trinajstić information content (AvgIpc) is 0.741. The molecule has 0 aliphatic heterocycles. The molecule has 360 valence electrons. The fraction of sp³-hybridized carbons (Fsp3) is 0. The summed E-state index contributed by atoms with van der Waals surface area (Å²) in [5.74, 6) is 0. The van der Waals surface area contributed by atoms with Crippen molar-refractivity contribution in [2.24, 2.45) is 0 Å². The highest BCUT2D eigenvalue weighted by Gasteiger charge is 2.19. The van der Waals surface area contributed by atoms with Crippen LogP contribution < -0.4 is 0 Å². The third-order valence-electron chi connectivity index (χ3n) is 14.9. The standard InChI is InChI=1S/C40H26.C38H22/c1-2-12-31-26-32(25-22-27(31)10-1)28-20-23-30(24-21-28)39-35-15-5-7-17-37(35)40(38-18-8-6-16-36(38)39)34-19-9-13-29-11-3-4-14-33(29)34;1-3-25-11-13-29-15-19-31(33-21-17-27(5-1)35(25)37(29)33)23-7-9-24(10-8-23)32-20-16-30-14-12-26-4-2-6-28-18-22-34(32)38(30)36(26)28/h1-26H;1-22H/i1D,2D,3D,4D,5D,6D,7D,8D,9D,10D,11D,12D,13D,14D,15D,16D,17D,18D,19D,20D,21D,22D,23D,24D,25D,26D;. The summed E-state index contributed by atoms with van der Waals surface area (Å²) in [6, 6.07) is 25.6. The van der Waals surface area contributed by atoms with Gasteiger partial charge in [0.25, 0.3) is 0 Å². The van der Waals surface area contributed by atoms with Crippen molar-refractivity contribution in [3.05, 3.63) is 291 Å². The molecule has 0 heteroatoms. The van der Waals surface area contributed by atoms with E-state index in [-0.39, 0.29) is 0 Å². The third-order valence-corrected chi connectivity index (χ3v) is 14.9. The molecule has 17 aromatic rings. The molecule has 0 unspecified atom stereocenters. The lowest BCUT2D eigenvalue weighted by atomic mass is 9.84. The topological polar surface area (TPSA) is 0 Å². The van der Waals surface area contributed by atoms with Crippen LogP contribution >= 0.6 is 0 Å². The lowest BCUT2D eigenvalue weighted by Crippen LogP contribution is -1.91. The summed E-state index contributed by atoms with van der Waals surface area (Å²) in [7, 11) is 0. The Hall–Kier alpha value is -10.1. The molecule has 0 N–H and O–H groups in total. The zero-order valence-corrected chi connectivity index (χ0v) is 40.7. The number of benzene rings is 17. The van der Waals surface area contributed by atoms with Gasteiger partial charge in [-0.25, -0.2) is 0 Å². The Morgan fingerprint density at radius 2 is 0.590 bits per heavy atom. The monoisotopic (exact) mass is 1010 g/mol. The maximum absolute atomic E-state index is 9.43. The highest BCUT2D eigenvalue weighted by Crippen LogP contribution is 2.47. The van der Waals surface area contributed by atoms with Crippen LogP contribution in [0.1, 0.15) is 35.6 Å². The summed E-state index contributed by atoms with van der Waals surface area (Å²) in [5, 5.41) is 10.8. The van der Waals surface area contributed by atoms with Crippen molar-refractivity contribution in [3.63, 3.8) is 0 Å². The first-order valence-electron chi connectivity index (χ1n) is 38.0. The van der Waals surface area contributed by atoms with E-state index in [4.69, 9.17) is 23.3 Å². The molecule has 0 fully saturated rings. The van der Waals surface area contributed by atoms with Gasteiger partial charge in [-0.1, -0.05) is 285 Å². The van der Waals surface area contributed by atoms with Crippen molar-refractivity contribution < 1.29 is 35.6 Å². The molecule has 0 nitrogen and oxygen atoms in total. The van der Waals surface area contributed by atoms with Crippen molar-refractivity contribution in [2.45, 2.75) is 0 Å². The molecule has 0 aromatic heterocycles. The third kappa shape index (κ3) is 7.01. The minimum Gasteiger partial charge on any atom is -0.0616 e. The number of fused-ring (bicyclic) bond motifs is 4. The van der Waals surface area contributed by atoms with E-state index in [1.165, 1.54) is 86.9 Å². The summed E-state index contributed by atoms with van der Waals surface area (Å²) in [4.78, 5) is 0. The summed E-state index contributed by atoms with van der Waals surface area (Å²) in [6.45, 7) is 0. The molecule has 0 atom stereocenters. The quantitative estimate of drug-likeness (QED) is 0.119. The Morgan fingerprint density at radius 3 is 1.13 bits per heavy atom. The van der Waals surface area contributed by atoms with E-state index in [1.807, 2.05) is 0 Å². The molecule has 0 bridgehead atoms. The van der Waals surface area contributed by atoms with Crippen LogP contribution in [0.15, 0.2) is 291 Å². The Morgan fingerprint density at radius 1 is 0.192 bits per heavy atom. The molecule has 0 saturated heterocycles. The van der Waals surface area contributed by atoms with Gasteiger partial charge in [-0.05, 0) is 169 Å². The van der Waals surface area contributed by atoms with Crippen LogP contribution in [0.25, 0.3) is 163 Å². The Labute approximate surface area is 488 Å². The molecule has 0 heterocycles. The first-order valence-corrected chi connectivity index (χ1v) is 25.0. The second kappa shape index (κ2) is 17.7. The normalized spacial score (nSPS) is 16.5. The molecule has 0 aliphatic carbocycles. The van der Waals surface area contributed by atoms with E-state index in [2.05, 4.69) is 133 Å². The predicted octanol–water partition coefficient (Wildman–Crippen LogP) is 22.1. The second-order valence-corrected chi connectivity index (χ2v) is 19.0. The number of hydrogen-bond donors (Lipinski definition) is 0. The Bertz CT molecular complexity index is 6470. The van der Waals surface area contributed by atoms with Gasteiger partial charge in [0.05, 0.1) is 35.6 Å². The first kappa shape index (κ1) is 25.6. The van der Waals surface area contributed by atoms with Crippen LogP contribution in [0, 0.1) is 0 Å². The van der Waals surface area contributed by atoms with E-state index in [0.717, 1.165) is 0 Å². The van der Waals surface area contributed by atoms with Crippen molar-refractivity contribution in [3.8, 4) is 55.6 Å². The van der Waals surface area contributed by atoms with Gasteiger partial charge in [0.2, 0.25) is 0 Å². The van der Waals surface area contributed by atoms with Gasteiger partial charge in [0.15, 0.2) is 0 Å². The van der Waals surface area contributed by atoms with E-state index >= 15 is 0 Å². The molecule has 17 rings (SSSR count). The molecular weight excluding hydrogens is 937 g/mol. The van der Waals surface area contributed by atoms with E-state index in [1.54, 1.807) is 0 Å². The minimum atomic E-state index is -1.07. The smallest absolute Gasteiger partial charge is 0.0616 e. The van der Waals surface area contributed by atoms with Crippen LogP contribution in [-0.4, -0.2) is 0 Å². The van der Waals surface area contributed by atoms with Crippen LogP contribution in [0.5, 0.6) is 0 Å². The van der Waals surface area contributed by atoms with Gasteiger partial charge in [0.1, 0.15) is 0 Å². The van der Waals surface area contributed by atoms with Gasteiger partial charge in [-0.15, -0.1) is 0 Å². The second-order valence-electron chi connectivity index (χ2n) is 19.0. The highest BCUT2D eigenvalue weighted by molar-refractivity contribution is 6.27. The van der Waals surface area contributed by atoms with Crippen LogP contribution in [-0.2, 0) is 0 Å². The summed E-state index contributed by atoms with van der Waals surface area (Å²) < 4.78 is 230. The van der Waals surface area contributed by atoms with Crippen LogP contribution in [0.3, 0.4) is 0 Å². The molecule has 0 aliphatic rings. The summed E-state index contributed by atoms with van der Waals surface area (Å²) in [5.41, 5.74) is 0.567. The van der Waals surface area contributed by atoms with E-state index < -0.39 is 234 Å². The molecule has 0 spiro atoms. The molecule has 0 saturated carbocycles. The maximum Gasteiger partial charge on any atom is 0.0636 e. The molecule has 0 radical (unpaired) electrons. The van der Waals surface area contributed by atoms with Gasteiger partial charge in [-0.3, -0.25) is 0 Å². The molecule has 0 amide bonds. The fourth-order valence-corrected chi connectivity index (χ4v) is 11.4. The van der Waals surface area contributed by atoms with Crippen LogP contribution in [0.4, 0.5) is 0 Å². The lowest BCUT2D eigenvalue weighted by Gasteiger charge is -2.19. The van der Waals surface area contributed by atoms with Crippen molar-refractivity contribution in [1.29, 1.82) is 0 Å². The van der Waals surface area contributed by atoms with Gasteiger partial charge in [0, 0.05) is 0 Å². The van der Waals surface area contributed by atoms with Gasteiger partial charge < -0.3 is 0 Å². The van der Waals surface area contributed by atoms with Crippen molar-refractivity contribution >= 4 is 108 Å². The molecular formula is C78H48. The summed E-state index contributed by atoms with van der Waals surface area (Å²) >= 11 is 0. The zero-order chi connectivity index (χ0) is 73.9. The zero-order valence-electron chi connectivity index (χ0n) is 66.7. The van der Waals surface area contributed by atoms with E-state index in [0.29, 0.717) is 0 Å². The lowest BCUT2D eigenvalue weighted by molar-refractivity contribution is 1.63. The highest BCUT2D eigenvalue weighted by atomic mass is 14.2. The Balaban J connectivity index is 0.000000183. The average molecular weight is 1010 g/mol. The number of hydrogen-bond acceptors (Lipinski definition) is 0. The summed E-state index contributed by atoms with van der Waals surface area (Å²) in [6.07, 6.45) is 0. The first-order chi connectivity index (χ1) is 49.5. The molecule has 17 aromatic carbocycles. The van der Waals surface area contributed by atoms with Crippen molar-refractivity contribution in [1.82, 2.24) is 0 Å². The van der Waals surface area contributed by atoms with Crippen molar-refractivity contribution in [2.75, 3.05) is 0 Å². The largest absolute Gasteiger partial charge is 0.0636 e. The predicted molar refractivity (Wildman–Crippen MR) is 337 cm³/mol. The number of rotatable bonds is 5. The van der Waals surface area contributed by atoms with Gasteiger partial charge >= 0.3 is 0 Å². The SMILES string of the molecule is [2H]c1c([2H])c(-c2c3c([2H])c([2H])c([2H])c([2H])c3c(-c3c([2H])c([2H])c([2H])c4c([2H])c([2H])c([2H])c([2H])c34)c3c([2H])c([2H])c([2H])c([2H])c23)c([2H])c([2H])c1-c1c([2H])c([2H])c2c([2H])c([2H])c([2H])c([2H])c2c1[2H].c1cc2ccc3ccc(-c4ccc(-c5ccc6ccc7cccc8ccc5c6c78)cc4)c4ccc(c1)c2c34. The van der Waals surface area contributed by atoms with Gasteiger partial charge in [-0.2, -0.15) is 0 Å². The molecule has 78 heavy (non-hydrogen) atoms.